The summed E-state index contributed by atoms with van der Waals surface area (Å²) in [6.07, 6.45) is -4.45. The van der Waals surface area contributed by atoms with Crippen LogP contribution in [0.4, 0.5) is 18.9 Å². The number of fused-ring (bicyclic) bond motifs is 3. The fourth-order valence-corrected chi connectivity index (χ4v) is 5.38. The minimum atomic E-state index is -4.45. The Morgan fingerprint density at radius 2 is 1.93 bits per heavy atom. The minimum absolute atomic E-state index is 0.114. The van der Waals surface area contributed by atoms with E-state index in [1.165, 1.54) is 23.5 Å². The van der Waals surface area contributed by atoms with Crippen molar-refractivity contribution in [2.24, 2.45) is 0 Å². The van der Waals surface area contributed by atoms with E-state index in [9.17, 15) is 18.0 Å². The summed E-state index contributed by atoms with van der Waals surface area (Å²) in [5.41, 5.74) is 1.37. The summed E-state index contributed by atoms with van der Waals surface area (Å²) in [5, 5.41) is 3.21. The van der Waals surface area contributed by atoms with Crippen LogP contribution in [0.3, 0.4) is 0 Å². The van der Waals surface area contributed by atoms with Crippen molar-refractivity contribution in [3.05, 3.63) is 69.6 Å². The van der Waals surface area contributed by atoms with E-state index in [4.69, 9.17) is 11.6 Å². The number of hydrogen-bond donors (Lipinski definition) is 1. The standard InChI is InChI=1S/C19H11ClF3NOS2/c20-12-4-5-14-15(8-12)26-9-10-6-16(27-17(10)14)18(25)24-13-3-1-2-11(7-13)19(21,22)23/h1-8H,9H2,(H,24,25). The maximum atomic E-state index is 12.8. The highest BCUT2D eigenvalue weighted by molar-refractivity contribution is 7.98. The van der Waals surface area contributed by atoms with Gasteiger partial charge < -0.3 is 5.32 Å². The van der Waals surface area contributed by atoms with Crippen LogP contribution < -0.4 is 5.32 Å². The number of benzene rings is 2. The molecule has 0 atom stereocenters. The van der Waals surface area contributed by atoms with E-state index in [1.807, 2.05) is 12.1 Å². The van der Waals surface area contributed by atoms with E-state index in [1.54, 1.807) is 23.9 Å². The first-order valence-electron chi connectivity index (χ1n) is 7.85. The summed E-state index contributed by atoms with van der Waals surface area (Å²) in [5.74, 6) is 0.296. The van der Waals surface area contributed by atoms with Gasteiger partial charge in [-0.2, -0.15) is 13.2 Å². The van der Waals surface area contributed by atoms with E-state index in [-0.39, 0.29) is 5.69 Å². The Bertz CT molecular complexity index is 1050. The summed E-state index contributed by atoms with van der Waals surface area (Å²) < 4.78 is 38.5. The molecular formula is C19H11ClF3NOS2. The molecule has 1 aliphatic rings. The first kappa shape index (κ1) is 18.4. The Balaban J connectivity index is 1.61. The highest BCUT2D eigenvalue weighted by Crippen LogP contribution is 2.46. The molecule has 0 bridgehead atoms. The molecule has 0 saturated carbocycles. The monoisotopic (exact) mass is 425 g/mol. The van der Waals surface area contributed by atoms with Crippen molar-refractivity contribution in [1.29, 1.82) is 0 Å². The van der Waals surface area contributed by atoms with Crippen LogP contribution in [0.5, 0.6) is 0 Å². The number of nitrogens with one attached hydrogen (secondary N) is 1. The fourth-order valence-electron chi connectivity index (χ4n) is 2.80. The van der Waals surface area contributed by atoms with Gasteiger partial charge in [0.2, 0.25) is 0 Å². The molecule has 0 spiro atoms. The van der Waals surface area contributed by atoms with Crippen LogP contribution in [0.25, 0.3) is 10.4 Å². The average molecular weight is 426 g/mol. The molecule has 1 amide bonds. The normalized spacial score (nSPS) is 13.0. The van der Waals surface area contributed by atoms with Crippen molar-refractivity contribution < 1.29 is 18.0 Å². The lowest BCUT2D eigenvalue weighted by Crippen LogP contribution is -2.11. The third-order valence-corrected chi connectivity index (χ3v) is 6.60. The molecule has 138 valence electrons. The van der Waals surface area contributed by atoms with Gasteiger partial charge in [0.1, 0.15) is 0 Å². The number of thiophene rings is 1. The third-order valence-electron chi connectivity index (χ3n) is 4.05. The Kier molecular flexibility index (Phi) is 4.70. The number of amides is 1. The Morgan fingerprint density at radius 1 is 1.11 bits per heavy atom. The predicted octanol–water partition coefficient (Wildman–Crippen LogP) is 6.95. The van der Waals surface area contributed by atoms with Crippen LogP contribution in [0.15, 0.2) is 53.4 Å². The molecule has 4 rings (SSSR count). The van der Waals surface area contributed by atoms with Crippen LogP contribution >= 0.6 is 34.7 Å². The first-order valence-corrected chi connectivity index (χ1v) is 10.0. The van der Waals surface area contributed by atoms with E-state index in [0.717, 1.165) is 38.8 Å². The topological polar surface area (TPSA) is 29.1 Å². The molecule has 8 heteroatoms. The quantitative estimate of drug-likeness (QED) is 0.481. The van der Waals surface area contributed by atoms with Crippen molar-refractivity contribution in [1.82, 2.24) is 0 Å². The van der Waals surface area contributed by atoms with Crippen LogP contribution in [-0.4, -0.2) is 5.91 Å². The molecule has 0 saturated heterocycles. The number of carbonyl (C=O) groups is 1. The maximum absolute atomic E-state index is 12.8. The lowest BCUT2D eigenvalue weighted by Gasteiger charge is -2.15. The molecule has 0 radical (unpaired) electrons. The zero-order valence-corrected chi connectivity index (χ0v) is 16.0. The molecule has 3 aromatic rings. The lowest BCUT2D eigenvalue weighted by molar-refractivity contribution is -0.137. The number of anilines is 1. The van der Waals surface area contributed by atoms with Crippen molar-refractivity contribution in [2.75, 3.05) is 5.32 Å². The van der Waals surface area contributed by atoms with Crippen LogP contribution in [0.1, 0.15) is 20.8 Å². The second kappa shape index (κ2) is 6.89. The van der Waals surface area contributed by atoms with Gasteiger partial charge in [0.15, 0.2) is 0 Å². The molecule has 0 fully saturated rings. The molecule has 1 aliphatic heterocycles. The van der Waals surface area contributed by atoms with Gasteiger partial charge in [0.25, 0.3) is 5.91 Å². The van der Waals surface area contributed by atoms with Gasteiger partial charge in [-0.3, -0.25) is 4.79 Å². The summed E-state index contributed by atoms with van der Waals surface area (Å²) >= 11 is 9.02. The zero-order chi connectivity index (χ0) is 19.2. The van der Waals surface area contributed by atoms with Gasteiger partial charge in [-0.05, 0) is 42.0 Å². The van der Waals surface area contributed by atoms with Crippen molar-refractivity contribution in [2.45, 2.75) is 16.8 Å². The van der Waals surface area contributed by atoms with Gasteiger partial charge in [0.05, 0.1) is 10.4 Å². The molecule has 0 unspecified atom stereocenters. The summed E-state index contributed by atoms with van der Waals surface area (Å²) in [4.78, 5) is 15.1. The van der Waals surface area contributed by atoms with Gasteiger partial charge in [0, 0.05) is 31.8 Å². The van der Waals surface area contributed by atoms with Crippen LogP contribution in [0, 0.1) is 0 Å². The number of thioether (sulfide) groups is 1. The molecule has 0 aliphatic carbocycles. The zero-order valence-electron chi connectivity index (χ0n) is 13.6. The molecule has 2 heterocycles. The van der Waals surface area contributed by atoms with Gasteiger partial charge >= 0.3 is 6.18 Å². The van der Waals surface area contributed by atoms with Gasteiger partial charge in [-0.1, -0.05) is 23.7 Å². The number of carbonyl (C=O) groups excluding carboxylic acids is 1. The van der Waals surface area contributed by atoms with E-state index in [2.05, 4.69) is 5.32 Å². The second-order valence-corrected chi connectivity index (χ2v) is 8.43. The van der Waals surface area contributed by atoms with Crippen molar-refractivity contribution >= 4 is 46.3 Å². The van der Waals surface area contributed by atoms with Crippen molar-refractivity contribution in [3.63, 3.8) is 0 Å². The minimum Gasteiger partial charge on any atom is -0.321 e. The largest absolute Gasteiger partial charge is 0.416 e. The number of halogens is 4. The van der Waals surface area contributed by atoms with Crippen molar-refractivity contribution in [3.8, 4) is 10.4 Å². The average Bonchev–Trinajstić information content (AvgIpc) is 3.05. The number of alkyl halides is 3. The number of hydrogen-bond acceptors (Lipinski definition) is 3. The van der Waals surface area contributed by atoms with E-state index >= 15 is 0 Å². The smallest absolute Gasteiger partial charge is 0.321 e. The van der Waals surface area contributed by atoms with E-state index in [0.29, 0.717) is 9.90 Å². The Labute approximate surface area is 166 Å². The fraction of sp³-hybridized carbons (Fsp3) is 0.105. The van der Waals surface area contributed by atoms with Crippen LogP contribution in [-0.2, 0) is 11.9 Å². The molecular weight excluding hydrogens is 415 g/mol. The first-order chi connectivity index (χ1) is 12.8. The van der Waals surface area contributed by atoms with Gasteiger partial charge in [-0.15, -0.1) is 23.1 Å². The molecule has 2 aromatic carbocycles. The van der Waals surface area contributed by atoms with E-state index < -0.39 is 17.6 Å². The molecule has 2 nitrogen and oxygen atoms in total. The summed E-state index contributed by atoms with van der Waals surface area (Å²) in [7, 11) is 0. The Hall–Kier alpha value is -1.96. The third kappa shape index (κ3) is 3.72. The maximum Gasteiger partial charge on any atom is 0.416 e. The summed E-state index contributed by atoms with van der Waals surface area (Å²) in [6, 6.07) is 12.0. The van der Waals surface area contributed by atoms with Crippen LogP contribution in [0.2, 0.25) is 5.02 Å². The Morgan fingerprint density at radius 3 is 2.70 bits per heavy atom. The second-order valence-electron chi connectivity index (χ2n) is 5.93. The molecule has 1 aromatic heterocycles. The highest BCUT2D eigenvalue weighted by atomic mass is 35.5. The molecule has 27 heavy (non-hydrogen) atoms. The predicted molar refractivity (Wildman–Crippen MR) is 104 cm³/mol. The SMILES string of the molecule is O=C(Nc1cccc(C(F)(F)F)c1)c1cc2c(s1)-c1ccc(Cl)cc1SC2. The summed E-state index contributed by atoms with van der Waals surface area (Å²) in [6.45, 7) is 0. The molecule has 1 N–H and O–H groups in total. The lowest BCUT2D eigenvalue weighted by atomic mass is 10.1. The van der Waals surface area contributed by atoms with Gasteiger partial charge in [-0.25, -0.2) is 0 Å². The number of rotatable bonds is 2. The highest BCUT2D eigenvalue weighted by Gasteiger charge is 2.30.